The van der Waals surface area contributed by atoms with Gasteiger partial charge in [0.05, 0.1) is 0 Å². The van der Waals surface area contributed by atoms with Crippen LogP contribution in [0.5, 0.6) is 0 Å². The van der Waals surface area contributed by atoms with Crippen LogP contribution in [0.1, 0.15) is 51.2 Å². The fraction of sp³-hybridized carbons (Fsp3) is 0.500. The van der Waals surface area contributed by atoms with Crippen molar-refractivity contribution in [2.75, 3.05) is 13.1 Å². The fourth-order valence-corrected chi connectivity index (χ4v) is 2.70. The fourth-order valence-electron chi connectivity index (χ4n) is 2.70. The molecule has 1 aliphatic rings. The average molecular weight is 331 g/mol. The second kappa shape index (κ2) is 7.03. The van der Waals surface area contributed by atoms with E-state index in [1.807, 2.05) is 31.2 Å². The molecule has 6 heteroatoms. The number of rotatable bonds is 6. The number of urea groups is 1. The second-order valence-electron chi connectivity index (χ2n) is 6.57. The van der Waals surface area contributed by atoms with Crippen molar-refractivity contribution in [1.29, 1.82) is 0 Å². The Bertz CT molecular complexity index is 639. The third-order valence-electron chi connectivity index (χ3n) is 4.30. The van der Waals surface area contributed by atoms with Crippen LogP contribution in [-0.4, -0.2) is 35.8 Å². The van der Waals surface area contributed by atoms with Crippen LogP contribution in [0, 0.1) is 0 Å². The summed E-state index contributed by atoms with van der Waals surface area (Å²) in [6.07, 6.45) is 0.797. The van der Waals surface area contributed by atoms with Gasteiger partial charge in [0.2, 0.25) is 5.91 Å². The van der Waals surface area contributed by atoms with Gasteiger partial charge in [-0.2, -0.15) is 0 Å². The molecule has 24 heavy (non-hydrogen) atoms. The van der Waals surface area contributed by atoms with E-state index in [1.165, 1.54) is 0 Å². The first-order chi connectivity index (χ1) is 11.3. The topological polar surface area (TPSA) is 78.5 Å². The molecule has 0 bridgehead atoms. The molecule has 1 fully saturated rings. The Balaban J connectivity index is 2.18. The number of nitrogens with zero attached hydrogens (tertiary/aromatic N) is 1. The molecule has 1 aliphatic heterocycles. The van der Waals surface area contributed by atoms with E-state index in [-0.39, 0.29) is 12.5 Å². The molecule has 2 rings (SSSR count). The van der Waals surface area contributed by atoms with Crippen molar-refractivity contribution < 1.29 is 14.4 Å². The van der Waals surface area contributed by atoms with E-state index in [2.05, 4.69) is 24.5 Å². The Morgan fingerprint density at radius 3 is 2.42 bits per heavy atom. The Morgan fingerprint density at radius 2 is 1.88 bits per heavy atom. The lowest BCUT2D eigenvalue weighted by molar-refractivity contribution is -0.134. The number of imide groups is 1. The van der Waals surface area contributed by atoms with Crippen molar-refractivity contribution >= 4 is 17.8 Å². The number of benzene rings is 1. The molecule has 1 heterocycles. The van der Waals surface area contributed by atoms with Crippen LogP contribution < -0.4 is 10.6 Å². The highest BCUT2D eigenvalue weighted by atomic mass is 16.2. The second-order valence-corrected chi connectivity index (χ2v) is 6.57. The molecule has 0 aromatic heterocycles. The highest BCUT2D eigenvalue weighted by Crippen LogP contribution is 2.29. The summed E-state index contributed by atoms with van der Waals surface area (Å²) in [6.45, 7) is 8.06. The molecule has 0 aliphatic carbocycles. The van der Waals surface area contributed by atoms with Crippen LogP contribution in [0.25, 0.3) is 0 Å². The highest BCUT2D eigenvalue weighted by Gasteiger charge is 2.49. The molecule has 1 aromatic rings. The van der Waals surface area contributed by atoms with Crippen molar-refractivity contribution in [3.63, 3.8) is 0 Å². The molecule has 0 radical (unpaired) electrons. The summed E-state index contributed by atoms with van der Waals surface area (Å²) in [5.74, 6) is -0.351. The number of carbonyl (C=O) groups excluding carboxylic acids is 3. The van der Waals surface area contributed by atoms with Gasteiger partial charge in [-0.05, 0) is 30.4 Å². The maximum atomic E-state index is 12.7. The maximum absolute atomic E-state index is 12.7. The molecule has 4 amide bonds. The Labute approximate surface area is 142 Å². The molecule has 0 spiro atoms. The Hall–Kier alpha value is -2.37. The summed E-state index contributed by atoms with van der Waals surface area (Å²) < 4.78 is 0. The normalized spacial score (nSPS) is 20.5. The molecule has 1 atom stereocenters. The van der Waals surface area contributed by atoms with Gasteiger partial charge in [0.25, 0.3) is 5.91 Å². The highest BCUT2D eigenvalue weighted by molar-refractivity contribution is 6.09. The van der Waals surface area contributed by atoms with E-state index in [1.54, 1.807) is 6.92 Å². The predicted molar refractivity (Wildman–Crippen MR) is 91.4 cm³/mol. The van der Waals surface area contributed by atoms with Crippen molar-refractivity contribution in [3.05, 3.63) is 35.4 Å². The van der Waals surface area contributed by atoms with Gasteiger partial charge in [-0.15, -0.1) is 0 Å². The van der Waals surface area contributed by atoms with E-state index in [0.717, 1.165) is 16.9 Å². The van der Waals surface area contributed by atoms with Crippen LogP contribution in [0.3, 0.4) is 0 Å². The summed E-state index contributed by atoms with van der Waals surface area (Å²) >= 11 is 0. The lowest BCUT2D eigenvalue weighted by Gasteiger charge is -2.22. The largest absolute Gasteiger partial charge is 0.355 e. The minimum Gasteiger partial charge on any atom is -0.355 e. The van der Waals surface area contributed by atoms with Crippen LogP contribution in [0.15, 0.2) is 24.3 Å². The smallest absolute Gasteiger partial charge is 0.325 e. The van der Waals surface area contributed by atoms with Gasteiger partial charge in [0.15, 0.2) is 0 Å². The molecule has 1 saturated heterocycles. The summed E-state index contributed by atoms with van der Waals surface area (Å²) in [7, 11) is 0. The molecule has 1 aromatic carbocycles. The Kier molecular flexibility index (Phi) is 5.26. The quantitative estimate of drug-likeness (QED) is 0.784. The standard InChI is InChI=1S/C18H25N3O3/c1-5-10-19-15(22)11-21-16(23)18(4,20-17(21)24)14-8-6-13(7-9-14)12(2)3/h6-9,12H,5,10-11H2,1-4H3,(H,19,22)(H,20,24). The Morgan fingerprint density at radius 1 is 1.25 bits per heavy atom. The number of hydrogen-bond acceptors (Lipinski definition) is 3. The first kappa shape index (κ1) is 18.0. The van der Waals surface area contributed by atoms with Crippen LogP contribution in [0.4, 0.5) is 4.79 Å². The first-order valence-electron chi connectivity index (χ1n) is 8.30. The monoisotopic (exact) mass is 331 g/mol. The predicted octanol–water partition coefficient (Wildman–Crippen LogP) is 2.10. The van der Waals surface area contributed by atoms with Gasteiger partial charge >= 0.3 is 6.03 Å². The van der Waals surface area contributed by atoms with Crippen molar-refractivity contribution in [1.82, 2.24) is 15.5 Å². The zero-order valence-electron chi connectivity index (χ0n) is 14.7. The van der Waals surface area contributed by atoms with Crippen LogP contribution >= 0.6 is 0 Å². The molecule has 6 nitrogen and oxygen atoms in total. The van der Waals surface area contributed by atoms with Crippen molar-refractivity contribution in [2.45, 2.75) is 45.6 Å². The third kappa shape index (κ3) is 3.42. The maximum Gasteiger partial charge on any atom is 0.325 e. The molecular weight excluding hydrogens is 306 g/mol. The summed E-state index contributed by atoms with van der Waals surface area (Å²) in [5.41, 5.74) is 0.731. The van der Waals surface area contributed by atoms with Crippen molar-refractivity contribution in [3.8, 4) is 0 Å². The van der Waals surface area contributed by atoms with E-state index in [0.29, 0.717) is 18.0 Å². The SMILES string of the molecule is CCCNC(=O)CN1C(=O)NC(C)(c2ccc(C(C)C)cc2)C1=O. The van der Waals surface area contributed by atoms with Gasteiger partial charge in [0.1, 0.15) is 12.1 Å². The molecule has 1 unspecified atom stereocenters. The van der Waals surface area contributed by atoms with Gasteiger partial charge in [-0.1, -0.05) is 45.0 Å². The molecular formula is C18H25N3O3. The van der Waals surface area contributed by atoms with Gasteiger partial charge in [0, 0.05) is 6.54 Å². The zero-order chi connectivity index (χ0) is 17.9. The summed E-state index contributed by atoms with van der Waals surface area (Å²) in [4.78, 5) is 37.7. The van der Waals surface area contributed by atoms with Crippen molar-refractivity contribution in [2.24, 2.45) is 0 Å². The summed E-state index contributed by atoms with van der Waals surface area (Å²) in [5, 5.41) is 5.39. The number of hydrogen-bond donors (Lipinski definition) is 2. The first-order valence-corrected chi connectivity index (χ1v) is 8.30. The van der Waals surface area contributed by atoms with Crippen LogP contribution in [0.2, 0.25) is 0 Å². The molecule has 2 N–H and O–H groups in total. The zero-order valence-corrected chi connectivity index (χ0v) is 14.7. The average Bonchev–Trinajstić information content (AvgIpc) is 2.77. The van der Waals surface area contributed by atoms with E-state index in [4.69, 9.17) is 0 Å². The third-order valence-corrected chi connectivity index (χ3v) is 4.30. The van der Waals surface area contributed by atoms with Gasteiger partial charge in [-0.3, -0.25) is 14.5 Å². The van der Waals surface area contributed by atoms with E-state index in [9.17, 15) is 14.4 Å². The molecule has 130 valence electrons. The lowest BCUT2D eigenvalue weighted by Crippen LogP contribution is -2.43. The summed E-state index contributed by atoms with van der Waals surface area (Å²) in [6, 6.07) is 7.09. The van der Waals surface area contributed by atoms with Crippen LogP contribution in [-0.2, 0) is 15.1 Å². The van der Waals surface area contributed by atoms with E-state index >= 15 is 0 Å². The number of carbonyl (C=O) groups is 3. The van der Waals surface area contributed by atoms with Gasteiger partial charge < -0.3 is 10.6 Å². The minimum absolute atomic E-state index is 0.260. The number of nitrogens with one attached hydrogen (secondary N) is 2. The van der Waals surface area contributed by atoms with Gasteiger partial charge in [-0.25, -0.2) is 4.79 Å². The number of amides is 4. The lowest BCUT2D eigenvalue weighted by atomic mass is 9.90. The van der Waals surface area contributed by atoms with E-state index < -0.39 is 17.5 Å². The molecule has 0 saturated carbocycles. The minimum atomic E-state index is -1.14.